The summed E-state index contributed by atoms with van der Waals surface area (Å²) in [6.45, 7) is 2.02. The van der Waals surface area contributed by atoms with E-state index in [1.54, 1.807) is 48.0 Å². The molecule has 1 saturated heterocycles. The Morgan fingerprint density at radius 2 is 1.74 bits per heavy atom. The number of hydrogen-bond donors (Lipinski definition) is 1. The summed E-state index contributed by atoms with van der Waals surface area (Å²) in [4.78, 5) is 24.1. The van der Waals surface area contributed by atoms with E-state index in [1.807, 2.05) is 67.4 Å². The van der Waals surface area contributed by atoms with E-state index in [1.165, 1.54) is 11.8 Å². The summed E-state index contributed by atoms with van der Waals surface area (Å²) in [5, 5.41) is 11.2. The lowest BCUT2D eigenvalue weighted by molar-refractivity contribution is -0.113. The van der Waals surface area contributed by atoms with Crippen LogP contribution in [0.15, 0.2) is 92.6 Å². The maximum absolute atomic E-state index is 13.8. The summed E-state index contributed by atoms with van der Waals surface area (Å²) in [6, 6.07) is 22.4. The average Bonchev–Trinajstić information content (AvgIpc) is 3.35. The van der Waals surface area contributed by atoms with Crippen molar-refractivity contribution in [3.8, 4) is 11.5 Å². The van der Waals surface area contributed by atoms with Crippen LogP contribution < -0.4 is 14.5 Å². The van der Waals surface area contributed by atoms with Crippen LogP contribution in [-0.2, 0) is 4.79 Å². The minimum absolute atomic E-state index is 0.129. The number of nitrogens with zero attached hydrogens (tertiary/aromatic N) is 3. The summed E-state index contributed by atoms with van der Waals surface area (Å²) >= 11 is 2.95. The summed E-state index contributed by atoms with van der Waals surface area (Å²) < 4.78 is 5.39. The molecule has 3 aromatic rings. The summed E-state index contributed by atoms with van der Waals surface area (Å²) in [6.07, 6.45) is 0. The number of benzene rings is 3. The zero-order valence-electron chi connectivity index (χ0n) is 18.9. The second-order valence-corrected chi connectivity index (χ2v) is 9.89. The van der Waals surface area contributed by atoms with Crippen LogP contribution in [0.5, 0.6) is 11.5 Å². The molecule has 1 atom stereocenters. The van der Waals surface area contributed by atoms with E-state index in [-0.39, 0.29) is 17.7 Å². The molecule has 1 N–H and O–H groups in total. The molecule has 0 aromatic heterocycles. The van der Waals surface area contributed by atoms with Gasteiger partial charge in [-0.25, -0.2) is 0 Å². The Bertz CT molecular complexity index is 1310. The first-order valence-corrected chi connectivity index (χ1v) is 12.4. The van der Waals surface area contributed by atoms with Gasteiger partial charge in [-0.2, -0.15) is 0 Å². The minimum Gasteiger partial charge on any atom is -0.508 e. The molecule has 0 radical (unpaired) electrons. The Labute approximate surface area is 206 Å². The van der Waals surface area contributed by atoms with Crippen molar-refractivity contribution in [2.75, 3.05) is 24.0 Å². The maximum atomic E-state index is 13.8. The molecule has 1 amide bonds. The van der Waals surface area contributed by atoms with Crippen molar-refractivity contribution in [1.82, 2.24) is 0 Å². The van der Waals surface area contributed by atoms with Gasteiger partial charge in [-0.15, -0.1) is 0 Å². The Morgan fingerprint density at radius 3 is 2.44 bits per heavy atom. The number of phenols is 1. The number of aliphatic imine (C=N–C) groups is 1. The number of anilines is 2. The van der Waals surface area contributed by atoms with Crippen LogP contribution in [0.4, 0.5) is 11.4 Å². The van der Waals surface area contributed by atoms with Gasteiger partial charge in [-0.3, -0.25) is 14.7 Å². The predicted octanol–water partition coefficient (Wildman–Crippen LogP) is 6.01. The van der Waals surface area contributed by atoms with E-state index in [2.05, 4.69) is 0 Å². The highest BCUT2D eigenvalue weighted by atomic mass is 32.2. The van der Waals surface area contributed by atoms with Gasteiger partial charge in [0.2, 0.25) is 0 Å². The third kappa shape index (κ3) is 4.03. The molecule has 8 heteroatoms. The predicted molar refractivity (Wildman–Crippen MR) is 140 cm³/mol. The SMILES string of the molecule is COc1ccc2c(c1)N(C)/C(=C1/SC(=N[C@@H](C)c3ccccc3)N(c3ccc(O)cc3)C1=O)S2. The number of hydrogen-bond acceptors (Lipinski definition) is 7. The zero-order valence-corrected chi connectivity index (χ0v) is 20.6. The van der Waals surface area contributed by atoms with Crippen molar-refractivity contribution in [3.63, 3.8) is 0 Å². The molecule has 0 aliphatic carbocycles. The quantitative estimate of drug-likeness (QED) is 0.453. The number of fused-ring (bicyclic) bond motifs is 1. The Hall–Kier alpha value is -3.36. The van der Waals surface area contributed by atoms with E-state index in [0.29, 0.717) is 15.8 Å². The molecule has 3 aromatic carbocycles. The molecule has 0 saturated carbocycles. The smallest absolute Gasteiger partial charge is 0.274 e. The van der Waals surface area contributed by atoms with Crippen LogP contribution in [-0.4, -0.2) is 30.3 Å². The fourth-order valence-electron chi connectivity index (χ4n) is 3.84. The van der Waals surface area contributed by atoms with Crippen LogP contribution in [0.25, 0.3) is 0 Å². The molecule has 34 heavy (non-hydrogen) atoms. The fraction of sp³-hybridized carbons (Fsp3) is 0.154. The van der Waals surface area contributed by atoms with Gasteiger partial charge in [0, 0.05) is 18.0 Å². The minimum atomic E-state index is -0.135. The molecule has 2 aliphatic heterocycles. The second kappa shape index (κ2) is 9.12. The molecule has 2 aliphatic rings. The number of methoxy groups -OCH3 is 1. The van der Waals surface area contributed by atoms with Crippen LogP contribution in [0.2, 0.25) is 0 Å². The summed E-state index contributed by atoms with van der Waals surface area (Å²) in [5.41, 5.74) is 2.73. The molecular formula is C26H23N3O3S2. The first-order valence-electron chi connectivity index (χ1n) is 10.7. The van der Waals surface area contributed by atoms with Crippen molar-refractivity contribution in [2.45, 2.75) is 17.9 Å². The molecular weight excluding hydrogens is 466 g/mol. The average molecular weight is 490 g/mol. The van der Waals surface area contributed by atoms with Crippen molar-refractivity contribution in [2.24, 2.45) is 4.99 Å². The van der Waals surface area contributed by atoms with E-state index in [0.717, 1.165) is 26.9 Å². The van der Waals surface area contributed by atoms with Gasteiger partial charge in [0.15, 0.2) is 5.17 Å². The topological polar surface area (TPSA) is 65.4 Å². The highest BCUT2D eigenvalue weighted by molar-refractivity contribution is 8.20. The van der Waals surface area contributed by atoms with Gasteiger partial charge in [0.1, 0.15) is 16.4 Å². The lowest BCUT2D eigenvalue weighted by Crippen LogP contribution is -2.29. The third-order valence-electron chi connectivity index (χ3n) is 5.71. The lowest BCUT2D eigenvalue weighted by atomic mass is 10.1. The molecule has 0 unspecified atom stereocenters. The van der Waals surface area contributed by atoms with Gasteiger partial charge in [0.25, 0.3) is 5.91 Å². The van der Waals surface area contributed by atoms with Crippen LogP contribution >= 0.6 is 23.5 Å². The number of thioether (sulfide) groups is 2. The van der Waals surface area contributed by atoms with Crippen LogP contribution in [0, 0.1) is 0 Å². The van der Waals surface area contributed by atoms with Gasteiger partial charge in [-0.1, -0.05) is 42.1 Å². The number of amides is 1. The molecule has 1 fully saturated rings. The van der Waals surface area contributed by atoms with Gasteiger partial charge >= 0.3 is 0 Å². The normalized spacial score (nSPS) is 19.6. The van der Waals surface area contributed by atoms with Crippen molar-refractivity contribution in [1.29, 1.82) is 0 Å². The molecule has 2 heterocycles. The third-order valence-corrected chi connectivity index (χ3v) is 8.12. The highest BCUT2D eigenvalue weighted by Crippen LogP contribution is 2.51. The highest BCUT2D eigenvalue weighted by Gasteiger charge is 2.40. The summed E-state index contributed by atoms with van der Waals surface area (Å²) in [5.74, 6) is 0.782. The first kappa shape index (κ1) is 22.4. The van der Waals surface area contributed by atoms with E-state index in [4.69, 9.17) is 9.73 Å². The molecule has 5 rings (SSSR count). The molecule has 0 bridgehead atoms. The first-order chi connectivity index (χ1) is 16.5. The van der Waals surface area contributed by atoms with Gasteiger partial charge in [-0.05, 0) is 60.6 Å². The second-order valence-electron chi connectivity index (χ2n) is 7.89. The number of aromatic hydroxyl groups is 1. The number of amidine groups is 1. The maximum Gasteiger partial charge on any atom is 0.274 e. The fourth-order valence-corrected chi connectivity index (χ4v) is 6.23. The largest absolute Gasteiger partial charge is 0.508 e. The number of carbonyl (C=O) groups excluding carboxylic acids is 1. The van der Waals surface area contributed by atoms with Crippen molar-refractivity contribution in [3.05, 3.63) is 88.3 Å². The summed E-state index contributed by atoms with van der Waals surface area (Å²) in [7, 11) is 3.60. The van der Waals surface area contributed by atoms with Crippen molar-refractivity contribution >= 4 is 46.0 Å². The standard InChI is InChI=1S/C26H23N3O3S2/c1-16(17-7-5-4-6-8-17)27-26-29(18-9-11-19(30)12-10-18)24(31)23(34-26)25-28(2)21-15-20(32-3)13-14-22(21)33-25/h4-16,30H,1-3H3/b25-23-,27-26?/t16-/m0/s1. The Balaban J connectivity index is 1.57. The van der Waals surface area contributed by atoms with Gasteiger partial charge in [0.05, 0.1) is 29.6 Å². The molecule has 6 nitrogen and oxygen atoms in total. The number of ether oxygens (including phenoxy) is 1. The van der Waals surface area contributed by atoms with Crippen molar-refractivity contribution < 1.29 is 14.6 Å². The van der Waals surface area contributed by atoms with E-state index < -0.39 is 0 Å². The molecule has 172 valence electrons. The van der Waals surface area contributed by atoms with Crippen LogP contribution in [0.1, 0.15) is 18.5 Å². The van der Waals surface area contributed by atoms with E-state index >= 15 is 0 Å². The Kier molecular flexibility index (Phi) is 6.02. The Morgan fingerprint density at radius 1 is 1.00 bits per heavy atom. The molecule has 0 spiro atoms. The van der Waals surface area contributed by atoms with Gasteiger partial charge < -0.3 is 14.7 Å². The number of phenolic OH excluding ortho intramolecular Hbond substituents is 1. The monoisotopic (exact) mass is 489 g/mol. The van der Waals surface area contributed by atoms with Crippen LogP contribution in [0.3, 0.4) is 0 Å². The number of carbonyl (C=O) groups is 1. The number of rotatable bonds is 4. The lowest BCUT2D eigenvalue weighted by Gasteiger charge is -2.18. The van der Waals surface area contributed by atoms with E-state index in [9.17, 15) is 9.90 Å². The zero-order chi connectivity index (χ0) is 23.8.